The van der Waals surface area contributed by atoms with E-state index in [0.717, 1.165) is 0 Å². The Morgan fingerprint density at radius 3 is 2.81 bits per heavy atom. The molecule has 1 amide bonds. The zero-order valence-electron chi connectivity index (χ0n) is 12.8. The largest absolute Gasteiger partial charge is 0.377 e. The van der Waals surface area contributed by atoms with Crippen LogP contribution in [0.5, 0.6) is 0 Å². The lowest BCUT2D eigenvalue weighted by Gasteiger charge is -2.35. The zero-order valence-corrected chi connectivity index (χ0v) is 13.6. The van der Waals surface area contributed by atoms with Crippen molar-refractivity contribution in [2.75, 3.05) is 31.7 Å². The van der Waals surface area contributed by atoms with Gasteiger partial charge in [0.1, 0.15) is 22.8 Å². The van der Waals surface area contributed by atoms with Gasteiger partial charge in [-0.3, -0.25) is 4.79 Å². The highest BCUT2D eigenvalue weighted by atomic mass is 35.5. The van der Waals surface area contributed by atoms with Gasteiger partial charge in [0, 0.05) is 25.1 Å². The number of nitrogens with zero attached hydrogens (tertiary/aromatic N) is 3. The van der Waals surface area contributed by atoms with Crippen molar-refractivity contribution >= 4 is 23.3 Å². The van der Waals surface area contributed by atoms with Crippen LogP contribution in [0.25, 0.3) is 0 Å². The molecule has 6 nitrogen and oxygen atoms in total. The quantitative estimate of drug-likeness (QED) is 0.836. The van der Waals surface area contributed by atoms with E-state index in [0.29, 0.717) is 36.6 Å². The van der Waals surface area contributed by atoms with E-state index in [4.69, 9.17) is 16.3 Å². The number of nitrogens with one attached hydrogen (secondary N) is 1. The summed E-state index contributed by atoms with van der Waals surface area (Å²) in [6.07, 6.45) is 0. The molecule has 2 rings (SSSR count). The first-order valence-corrected chi connectivity index (χ1v) is 7.32. The van der Waals surface area contributed by atoms with Crippen LogP contribution in [0.1, 0.15) is 26.6 Å². The number of hydrogen-bond acceptors (Lipinski definition) is 5. The van der Waals surface area contributed by atoms with Gasteiger partial charge < -0.3 is 15.0 Å². The summed E-state index contributed by atoms with van der Waals surface area (Å²) in [6.45, 7) is 7.56. The molecular weight excluding hydrogens is 292 g/mol. The summed E-state index contributed by atoms with van der Waals surface area (Å²) in [6, 6.07) is 1.29. The molecule has 0 aromatic carbocycles. The smallest absolute Gasteiger partial charge is 0.244 e. The van der Waals surface area contributed by atoms with Crippen molar-refractivity contribution in [3.63, 3.8) is 0 Å². The molecule has 0 bridgehead atoms. The third-order valence-electron chi connectivity index (χ3n) is 3.32. The molecule has 1 aromatic rings. The monoisotopic (exact) mass is 312 g/mol. The minimum atomic E-state index is -0.400. The third-order valence-corrected chi connectivity index (χ3v) is 3.52. The first-order valence-electron chi connectivity index (χ1n) is 6.94. The first-order chi connectivity index (χ1) is 9.82. The summed E-state index contributed by atoms with van der Waals surface area (Å²) in [4.78, 5) is 22.8. The summed E-state index contributed by atoms with van der Waals surface area (Å²) in [7, 11) is 1.61. The molecule has 7 heteroatoms. The van der Waals surface area contributed by atoms with Gasteiger partial charge in [-0.25, -0.2) is 9.97 Å². The average Bonchev–Trinajstić information content (AvgIpc) is 2.45. The second kappa shape index (κ2) is 6.15. The lowest BCUT2D eigenvalue weighted by atomic mass is 9.96. The average molecular weight is 313 g/mol. The highest BCUT2D eigenvalue weighted by Crippen LogP contribution is 2.26. The van der Waals surface area contributed by atoms with Crippen LogP contribution in [0.4, 0.5) is 5.82 Å². The SMILES string of the molecule is CNC(=O)C1COCCN1c1cc(Cl)nc(C(C)(C)C)n1. The Labute approximate surface area is 129 Å². The number of carbonyl (C=O) groups excluding carboxylic acids is 1. The van der Waals surface area contributed by atoms with Gasteiger partial charge in [0.2, 0.25) is 5.91 Å². The van der Waals surface area contributed by atoms with Crippen LogP contribution in [0, 0.1) is 0 Å². The van der Waals surface area contributed by atoms with Crippen LogP contribution in [-0.2, 0) is 14.9 Å². The molecule has 21 heavy (non-hydrogen) atoms. The number of halogens is 1. The summed E-state index contributed by atoms with van der Waals surface area (Å²) in [5, 5.41) is 3.04. The number of likely N-dealkylation sites (N-methyl/N-ethyl adjacent to an activating group) is 1. The minimum absolute atomic E-state index is 0.0956. The van der Waals surface area contributed by atoms with E-state index in [-0.39, 0.29) is 11.3 Å². The van der Waals surface area contributed by atoms with Gasteiger partial charge in [-0.05, 0) is 0 Å². The number of morpholine rings is 1. The van der Waals surface area contributed by atoms with Crippen LogP contribution < -0.4 is 10.2 Å². The van der Waals surface area contributed by atoms with E-state index in [2.05, 4.69) is 15.3 Å². The number of anilines is 1. The van der Waals surface area contributed by atoms with E-state index in [1.165, 1.54) is 0 Å². The minimum Gasteiger partial charge on any atom is -0.377 e. The molecule has 1 atom stereocenters. The standard InChI is InChI=1S/C14H21ClN4O2/c1-14(2,3)13-17-10(15)7-11(18-13)19-5-6-21-8-9(19)12(20)16-4/h7,9H,5-6,8H2,1-4H3,(H,16,20). The van der Waals surface area contributed by atoms with Crippen molar-refractivity contribution < 1.29 is 9.53 Å². The maximum atomic E-state index is 12.0. The highest BCUT2D eigenvalue weighted by molar-refractivity contribution is 6.29. The van der Waals surface area contributed by atoms with Gasteiger partial charge in [-0.1, -0.05) is 32.4 Å². The van der Waals surface area contributed by atoms with Gasteiger partial charge in [0.05, 0.1) is 13.2 Å². The van der Waals surface area contributed by atoms with E-state index in [1.54, 1.807) is 13.1 Å². The summed E-state index contributed by atoms with van der Waals surface area (Å²) in [5.74, 6) is 1.23. The van der Waals surface area contributed by atoms with Gasteiger partial charge in [-0.15, -0.1) is 0 Å². The number of rotatable bonds is 2. The predicted octanol–water partition coefficient (Wildman–Crippen LogP) is 1.38. The zero-order chi connectivity index (χ0) is 15.6. The van der Waals surface area contributed by atoms with Crippen molar-refractivity contribution in [3.05, 3.63) is 17.0 Å². The Morgan fingerprint density at radius 2 is 2.19 bits per heavy atom. The molecule has 0 aliphatic carbocycles. The van der Waals surface area contributed by atoms with Crippen LogP contribution in [0.3, 0.4) is 0 Å². The second-order valence-electron chi connectivity index (χ2n) is 6.02. The molecule has 0 spiro atoms. The van der Waals surface area contributed by atoms with Gasteiger partial charge in [0.25, 0.3) is 0 Å². The van der Waals surface area contributed by atoms with Crippen LogP contribution >= 0.6 is 11.6 Å². The molecule has 0 saturated carbocycles. The number of aromatic nitrogens is 2. The lowest BCUT2D eigenvalue weighted by Crippen LogP contribution is -2.53. The molecule has 1 unspecified atom stereocenters. The third kappa shape index (κ3) is 3.63. The van der Waals surface area contributed by atoms with E-state index in [1.807, 2.05) is 25.7 Å². The number of amides is 1. The fraction of sp³-hybridized carbons (Fsp3) is 0.643. The Balaban J connectivity index is 2.39. The topological polar surface area (TPSA) is 67.3 Å². The predicted molar refractivity (Wildman–Crippen MR) is 81.8 cm³/mol. The molecule has 1 aliphatic rings. The van der Waals surface area contributed by atoms with Crippen LogP contribution in [-0.4, -0.2) is 48.7 Å². The Morgan fingerprint density at radius 1 is 1.48 bits per heavy atom. The molecular formula is C14H21ClN4O2. The maximum Gasteiger partial charge on any atom is 0.244 e. The van der Waals surface area contributed by atoms with Crippen LogP contribution in [0.15, 0.2) is 6.07 Å². The summed E-state index contributed by atoms with van der Waals surface area (Å²) in [5.41, 5.74) is -0.214. The highest BCUT2D eigenvalue weighted by Gasteiger charge is 2.31. The normalized spacial score (nSPS) is 19.5. The van der Waals surface area contributed by atoms with Crippen molar-refractivity contribution in [2.24, 2.45) is 0 Å². The Bertz CT molecular complexity index is 530. The number of hydrogen-bond donors (Lipinski definition) is 1. The molecule has 1 saturated heterocycles. The van der Waals surface area contributed by atoms with Crippen molar-refractivity contribution in [3.8, 4) is 0 Å². The molecule has 1 fully saturated rings. The van der Waals surface area contributed by atoms with Gasteiger partial charge in [-0.2, -0.15) is 0 Å². The van der Waals surface area contributed by atoms with Crippen molar-refractivity contribution in [1.82, 2.24) is 15.3 Å². The number of ether oxygens (including phenoxy) is 1. The lowest BCUT2D eigenvalue weighted by molar-refractivity contribution is -0.124. The molecule has 1 aromatic heterocycles. The Hall–Kier alpha value is -1.40. The van der Waals surface area contributed by atoms with Crippen molar-refractivity contribution in [1.29, 1.82) is 0 Å². The van der Waals surface area contributed by atoms with E-state index < -0.39 is 6.04 Å². The fourth-order valence-corrected chi connectivity index (χ4v) is 2.33. The molecule has 2 heterocycles. The Kier molecular flexibility index (Phi) is 4.68. The molecule has 116 valence electrons. The van der Waals surface area contributed by atoms with E-state index in [9.17, 15) is 4.79 Å². The molecule has 1 N–H and O–H groups in total. The van der Waals surface area contributed by atoms with Gasteiger partial charge in [0.15, 0.2) is 0 Å². The molecule has 0 radical (unpaired) electrons. The van der Waals surface area contributed by atoms with E-state index >= 15 is 0 Å². The molecule has 1 aliphatic heterocycles. The summed E-state index contributed by atoms with van der Waals surface area (Å²) < 4.78 is 5.41. The summed E-state index contributed by atoms with van der Waals surface area (Å²) >= 11 is 6.13. The second-order valence-corrected chi connectivity index (χ2v) is 6.41. The van der Waals surface area contributed by atoms with Crippen molar-refractivity contribution in [2.45, 2.75) is 32.2 Å². The number of carbonyl (C=O) groups is 1. The maximum absolute atomic E-state index is 12.0. The first kappa shape index (κ1) is 16.0. The fourth-order valence-electron chi connectivity index (χ4n) is 2.15. The van der Waals surface area contributed by atoms with Gasteiger partial charge >= 0.3 is 0 Å². The van der Waals surface area contributed by atoms with Crippen LogP contribution in [0.2, 0.25) is 5.15 Å².